The molecular weight excluding hydrogens is 364 g/mol. The standard InChI is InChI=1S/C20H26N2O6/c1-4-28-20(25)13-6-5-9-21(12-13)16-11-18(23)22(19(16)24)15-10-14(26-2)7-8-17(15)27-3/h7-8,10,13,16H,4-6,9,11-12H2,1-3H3/t13-,16-/m1/s1. The lowest BCUT2D eigenvalue weighted by molar-refractivity contribution is -0.150. The number of methoxy groups -OCH3 is 2. The Bertz CT molecular complexity index is 765. The van der Waals surface area contributed by atoms with E-state index in [1.807, 2.05) is 4.90 Å². The first-order chi connectivity index (χ1) is 13.5. The molecule has 2 atom stereocenters. The van der Waals surface area contributed by atoms with Gasteiger partial charge in [0.1, 0.15) is 11.5 Å². The number of carbonyl (C=O) groups is 3. The minimum absolute atomic E-state index is 0.0781. The Kier molecular flexibility index (Phi) is 6.18. The van der Waals surface area contributed by atoms with Gasteiger partial charge in [-0.15, -0.1) is 0 Å². The molecule has 0 spiro atoms. The Balaban J connectivity index is 1.81. The number of piperidine rings is 1. The van der Waals surface area contributed by atoms with Crippen molar-refractivity contribution in [3.8, 4) is 11.5 Å². The van der Waals surface area contributed by atoms with Crippen LogP contribution in [-0.4, -0.2) is 62.6 Å². The highest BCUT2D eigenvalue weighted by Crippen LogP contribution is 2.36. The molecule has 0 unspecified atom stereocenters. The largest absolute Gasteiger partial charge is 0.497 e. The summed E-state index contributed by atoms with van der Waals surface area (Å²) >= 11 is 0. The topological polar surface area (TPSA) is 85.4 Å². The van der Waals surface area contributed by atoms with E-state index in [-0.39, 0.29) is 30.1 Å². The average molecular weight is 390 g/mol. The van der Waals surface area contributed by atoms with Gasteiger partial charge in [0.25, 0.3) is 5.91 Å². The first-order valence-electron chi connectivity index (χ1n) is 9.49. The van der Waals surface area contributed by atoms with Crippen molar-refractivity contribution in [2.45, 2.75) is 32.2 Å². The van der Waals surface area contributed by atoms with Gasteiger partial charge in [-0.05, 0) is 38.4 Å². The number of imide groups is 1. The van der Waals surface area contributed by atoms with Crippen LogP contribution >= 0.6 is 0 Å². The first-order valence-corrected chi connectivity index (χ1v) is 9.49. The number of hydrogen-bond acceptors (Lipinski definition) is 7. The van der Waals surface area contributed by atoms with Crippen molar-refractivity contribution in [2.75, 3.05) is 38.8 Å². The highest BCUT2D eigenvalue weighted by atomic mass is 16.5. The number of ether oxygens (including phenoxy) is 3. The fraction of sp³-hybridized carbons (Fsp3) is 0.550. The van der Waals surface area contributed by atoms with Gasteiger partial charge in [-0.3, -0.25) is 19.3 Å². The summed E-state index contributed by atoms with van der Waals surface area (Å²) < 4.78 is 15.7. The van der Waals surface area contributed by atoms with Crippen LogP contribution in [0.3, 0.4) is 0 Å². The maximum atomic E-state index is 13.1. The summed E-state index contributed by atoms with van der Waals surface area (Å²) in [5.74, 6) is -0.153. The van der Waals surface area contributed by atoms with Gasteiger partial charge >= 0.3 is 5.97 Å². The molecule has 1 aromatic rings. The van der Waals surface area contributed by atoms with Crippen molar-refractivity contribution in [1.29, 1.82) is 0 Å². The molecule has 0 N–H and O–H groups in total. The van der Waals surface area contributed by atoms with E-state index >= 15 is 0 Å². The zero-order chi connectivity index (χ0) is 20.3. The van der Waals surface area contributed by atoms with E-state index in [1.54, 1.807) is 25.1 Å². The molecule has 8 nitrogen and oxygen atoms in total. The molecule has 28 heavy (non-hydrogen) atoms. The molecule has 8 heteroatoms. The van der Waals surface area contributed by atoms with Crippen molar-refractivity contribution < 1.29 is 28.6 Å². The predicted octanol–water partition coefficient (Wildman–Crippen LogP) is 1.61. The molecule has 2 fully saturated rings. The maximum absolute atomic E-state index is 13.1. The van der Waals surface area contributed by atoms with Gasteiger partial charge in [-0.25, -0.2) is 4.90 Å². The second-order valence-corrected chi connectivity index (χ2v) is 6.91. The van der Waals surface area contributed by atoms with E-state index in [0.29, 0.717) is 36.9 Å². The highest BCUT2D eigenvalue weighted by molar-refractivity contribution is 6.23. The number of carbonyl (C=O) groups excluding carboxylic acids is 3. The van der Waals surface area contributed by atoms with E-state index in [9.17, 15) is 14.4 Å². The van der Waals surface area contributed by atoms with Crippen molar-refractivity contribution in [2.24, 2.45) is 5.92 Å². The Morgan fingerprint density at radius 1 is 1.21 bits per heavy atom. The number of hydrogen-bond donors (Lipinski definition) is 0. The third kappa shape index (κ3) is 3.82. The van der Waals surface area contributed by atoms with Crippen LogP contribution in [-0.2, 0) is 19.1 Å². The van der Waals surface area contributed by atoms with Gasteiger partial charge in [0.15, 0.2) is 0 Å². The number of esters is 1. The van der Waals surface area contributed by atoms with E-state index in [2.05, 4.69) is 0 Å². The number of anilines is 1. The summed E-state index contributed by atoms with van der Waals surface area (Å²) in [7, 11) is 3.01. The molecule has 0 aliphatic carbocycles. The third-order valence-corrected chi connectivity index (χ3v) is 5.26. The van der Waals surface area contributed by atoms with Crippen molar-refractivity contribution >= 4 is 23.5 Å². The molecule has 0 aromatic heterocycles. The van der Waals surface area contributed by atoms with Crippen LogP contribution in [0.15, 0.2) is 18.2 Å². The first kappa shape index (κ1) is 20.1. The van der Waals surface area contributed by atoms with Crippen molar-refractivity contribution in [3.63, 3.8) is 0 Å². The number of benzene rings is 1. The van der Waals surface area contributed by atoms with E-state index in [1.165, 1.54) is 19.1 Å². The Morgan fingerprint density at radius 3 is 2.68 bits per heavy atom. The van der Waals surface area contributed by atoms with Gasteiger partial charge in [-0.2, -0.15) is 0 Å². The molecular formula is C20H26N2O6. The van der Waals surface area contributed by atoms with Crippen LogP contribution in [0.2, 0.25) is 0 Å². The van der Waals surface area contributed by atoms with Crippen LogP contribution in [0.5, 0.6) is 11.5 Å². The zero-order valence-corrected chi connectivity index (χ0v) is 16.5. The zero-order valence-electron chi connectivity index (χ0n) is 16.5. The van der Waals surface area contributed by atoms with Crippen LogP contribution in [0.4, 0.5) is 5.69 Å². The summed E-state index contributed by atoms with van der Waals surface area (Å²) in [6, 6.07) is 4.41. The Hall–Kier alpha value is -2.61. The second-order valence-electron chi connectivity index (χ2n) is 6.91. The lowest BCUT2D eigenvalue weighted by atomic mass is 9.96. The fourth-order valence-corrected chi connectivity index (χ4v) is 3.87. The average Bonchev–Trinajstić information content (AvgIpc) is 3.01. The molecule has 0 saturated carbocycles. The molecule has 1 aromatic carbocycles. The van der Waals surface area contributed by atoms with Crippen LogP contribution in [0.25, 0.3) is 0 Å². The van der Waals surface area contributed by atoms with Gasteiger partial charge in [0.2, 0.25) is 5.91 Å². The third-order valence-electron chi connectivity index (χ3n) is 5.26. The molecule has 0 bridgehead atoms. The molecule has 2 aliphatic heterocycles. The smallest absolute Gasteiger partial charge is 0.310 e. The molecule has 3 rings (SSSR count). The van der Waals surface area contributed by atoms with E-state index in [4.69, 9.17) is 14.2 Å². The molecule has 2 saturated heterocycles. The lowest BCUT2D eigenvalue weighted by Gasteiger charge is -2.34. The molecule has 2 heterocycles. The molecule has 2 aliphatic rings. The normalized spacial score (nSPS) is 23.0. The summed E-state index contributed by atoms with van der Waals surface area (Å²) in [4.78, 5) is 41.0. The van der Waals surface area contributed by atoms with Gasteiger partial charge < -0.3 is 14.2 Å². The number of nitrogens with zero attached hydrogens (tertiary/aromatic N) is 2. The second kappa shape index (κ2) is 8.60. The Labute approximate surface area is 164 Å². The minimum atomic E-state index is -0.583. The summed E-state index contributed by atoms with van der Waals surface area (Å²) in [6.07, 6.45) is 1.59. The van der Waals surface area contributed by atoms with Gasteiger partial charge in [0.05, 0.1) is 44.9 Å². The number of rotatable bonds is 6. The monoisotopic (exact) mass is 390 g/mol. The van der Waals surface area contributed by atoms with Crippen LogP contribution < -0.4 is 14.4 Å². The molecule has 152 valence electrons. The minimum Gasteiger partial charge on any atom is -0.497 e. The highest BCUT2D eigenvalue weighted by Gasteiger charge is 2.45. The van der Waals surface area contributed by atoms with Crippen molar-refractivity contribution in [1.82, 2.24) is 4.90 Å². The van der Waals surface area contributed by atoms with E-state index in [0.717, 1.165) is 12.8 Å². The number of likely N-dealkylation sites (tertiary alicyclic amines) is 1. The summed E-state index contributed by atoms with van der Waals surface area (Å²) in [5.41, 5.74) is 0.373. The van der Waals surface area contributed by atoms with E-state index < -0.39 is 6.04 Å². The predicted molar refractivity (Wildman–Crippen MR) is 101 cm³/mol. The maximum Gasteiger partial charge on any atom is 0.310 e. The van der Waals surface area contributed by atoms with Crippen molar-refractivity contribution in [3.05, 3.63) is 18.2 Å². The number of amides is 2. The fourth-order valence-electron chi connectivity index (χ4n) is 3.87. The quantitative estimate of drug-likeness (QED) is 0.539. The SMILES string of the molecule is CCOC(=O)[C@@H]1CCCN([C@@H]2CC(=O)N(c3cc(OC)ccc3OC)C2=O)C1. The Morgan fingerprint density at radius 2 is 2.00 bits per heavy atom. The van der Waals surface area contributed by atoms with Crippen LogP contribution in [0.1, 0.15) is 26.2 Å². The van der Waals surface area contributed by atoms with Gasteiger partial charge in [0, 0.05) is 12.6 Å². The molecule has 2 amide bonds. The van der Waals surface area contributed by atoms with Crippen LogP contribution in [0, 0.1) is 5.92 Å². The summed E-state index contributed by atoms with van der Waals surface area (Å²) in [6.45, 7) is 3.20. The molecule has 0 radical (unpaired) electrons. The van der Waals surface area contributed by atoms with Gasteiger partial charge in [-0.1, -0.05) is 0 Å². The summed E-state index contributed by atoms with van der Waals surface area (Å²) in [5, 5.41) is 0. The lowest BCUT2D eigenvalue weighted by Crippen LogP contribution is -2.48.